The highest BCUT2D eigenvalue weighted by molar-refractivity contribution is 5.87. The summed E-state index contributed by atoms with van der Waals surface area (Å²) in [7, 11) is 0. The zero-order valence-electron chi connectivity index (χ0n) is 10.6. The van der Waals surface area contributed by atoms with Crippen LogP contribution in [0.5, 0.6) is 0 Å². The fraction of sp³-hybridized carbons (Fsp3) is 0.538. The summed E-state index contributed by atoms with van der Waals surface area (Å²) in [6, 6.07) is 2.29. The quantitative estimate of drug-likeness (QED) is 0.809. The third kappa shape index (κ3) is 1.62. The lowest BCUT2D eigenvalue weighted by Crippen LogP contribution is -2.28. The SMILES string of the molecule is Cc1cc2[nH]nc(N)c2c(=O)n1C1CCCCC1. The van der Waals surface area contributed by atoms with Crippen molar-refractivity contribution in [2.24, 2.45) is 0 Å². The molecule has 0 spiro atoms. The second kappa shape index (κ2) is 4.15. The van der Waals surface area contributed by atoms with Crippen LogP contribution in [0.1, 0.15) is 43.8 Å². The Morgan fingerprint density at radius 1 is 1.39 bits per heavy atom. The number of anilines is 1. The molecule has 1 fully saturated rings. The Morgan fingerprint density at radius 2 is 2.11 bits per heavy atom. The number of H-pyrrole nitrogens is 1. The summed E-state index contributed by atoms with van der Waals surface area (Å²) in [6.07, 6.45) is 5.86. The standard InChI is InChI=1S/C13H18N4O/c1-8-7-10-11(12(14)16-15-10)13(18)17(8)9-5-3-2-4-6-9/h7,9H,2-6H2,1H3,(H3,14,15,16). The molecule has 0 aromatic carbocycles. The van der Waals surface area contributed by atoms with Crippen LogP contribution in [0, 0.1) is 6.92 Å². The lowest BCUT2D eigenvalue weighted by Gasteiger charge is -2.25. The van der Waals surface area contributed by atoms with Crippen molar-refractivity contribution in [3.8, 4) is 0 Å². The van der Waals surface area contributed by atoms with Crippen LogP contribution in [-0.2, 0) is 0 Å². The van der Waals surface area contributed by atoms with E-state index in [1.54, 1.807) is 0 Å². The molecule has 96 valence electrons. The Kier molecular flexibility index (Phi) is 2.61. The van der Waals surface area contributed by atoms with Gasteiger partial charge in [-0.15, -0.1) is 0 Å². The van der Waals surface area contributed by atoms with Crippen LogP contribution in [0.4, 0.5) is 5.82 Å². The van der Waals surface area contributed by atoms with Crippen LogP contribution < -0.4 is 11.3 Å². The first-order valence-corrected chi connectivity index (χ1v) is 6.54. The molecule has 2 aromatic heterocycles. The van der Waals surface area contributed by atoms with Gasteiger partial charge < -0.3 is 10.3 Å². The van der Waals surface area contributed by atoms with Crippen molar-refractivity contribution >= 4 is 16.7 Å². The van der Waals surface area contributed by atoms with Gasteiger partial charge in [0.15, 0.2) is 5.82 Å². The van der Waals surface area contributed by atoms with Gasteiger partial charge in [-0.05, 0) is 25.8 Å². The van der Waals surface area contributed by atoms with Crippen molar-refractivity contribution in [3.63, 3.8) is 0 Å². The number of hydrogen-bond donors (Lipinski definition) is 2. The van der Waals surface area contributed by atoms with Gasteiger partial charge in [-0.1, -0.05) is 19.3 Å². The first-order valence-electron chi connectivity index (χ1n) is 6.54. The van der Waals surface area contributed by atoms with Crippen molar-refractivity contribution in [3.05, 3.63) is 22.1 Å². The highest BCUT2D eigenvalue weighted by Gasteiger charge is 2.20. The molecule has 0 amide bonds. The first-order chi connectivity index (χ1) is 8.68. The summed E-state index contributed by atoms with van der Waals surface area (Å²) in [5, 5.41) is 7.27. The van der Waals surface area contributed by atoms with Crippen molar-refractivity contribution in [1.82, 2.24) is 14.8 Å². The van der Waals surface area contributed by atoms with E-state index in [2.05, 4.69) is 10.2 Å². The summed E-state index contributed by atoms with van der Waals surface area (Å²) in [4.78, 5) is 12.6. The molecule has 0 bridgehead atoms. The molecular weight excluding hydrogens is 228 g/mol. The van der Waals surface area contributed by atoms with Gasteiger partial charge in [-0.2, -0.15) is 5.10 Å². The van der Waals surface area contributed by atoms with E-state index in [-0.39, 0.29) is 5.56 Å². The predicted octanol–water partition coefficient (Wildman–Crippen LogP) is 2.12. The summed E-state index contributed by atoms with van der Waals surface area (Å²) in [5.41, 5.74) is 7.50. The van der Waals surface area contributed by atoms with E-state index in [1.807, 2.05) is 17.6 Å². The molecule has 18 heavy (non-hydrogen) atoms. The monoisotopic (exact) mass is 246 g/mol. The van der Waals surface area contributed by atoms with Gasteiger partial charge in [0.25, 0.3) is 5.56 Å². The minimum Gasteiger partial charge on any atom is -0.382 e. The molecule has 0 radical (unpaired) electrons. The molecule has 1 aliphatic carbocycles. The molecule has 0 saturated heterocycles. The molecule has 2 heterocycles. The molecule has 2 aromatic rings. The second-order valence-electron chi connectivity index (χ2n) is 5.15. The molecular formula is C13H18N4O. The number of nitrogens with zero attached hydrogens (tertiary/aromatic N) is 2. The molecule has 3 rings (SSSR count). The maximum atomic E-state index is 12.6. The topological polar surface area (TPSA) is 76.7 Å². The third-order valence-corrected chi connectivity index (χ3v) is 3.93. The van der Waals surface area contributed by atoms with Gasteiger partial charge in [0, 0.05) is 11.7 Å². The number of aryl methyl sites for hydroxylation is 1. The Morgan fingerprint density at radius 3 is 2.83 bits per heavy atom. The normalized spacial score (nSPS) is 17.4. The van der Waals surface area contributed by atoms with Gasteiger partial charge in [0.1, 0.15) is 5.39 Å². The number of nitrogens with one attached hydrogen (secondary N) is 1. The summed E-state index contributed by atoms with van der Waals surface area (Å²) in [5.74, 6) is 0.305. The zero-order chi connectivity index (χ0) is 12.7. The van der Waals surface area contributed by atoms with Crippen molar-refractivity contribution in [2.45, 2.75) is 45.1 Å². The number of rotatable bonds is 1. The maximum Gasteiger partial charge on any atom is 0.264 e. The van der Waals surface area contributed by atoms with E-state index in [9.17, 15) is 4.79 Å². The number of fused-ring (bicyclic) bond motifs is 1. The van der Waals surface area contributed by atoms with E-state index < -0.39 is 0 Å². The molecule has 5 nitrogen and oxygen atoms in total. The highest BCUT2D eigenvalue weighted by Crippen LogP contribution is 2.29. The fourth-order valence-corrected chi connectivity index (χ4v) is 3.05. The average Bonchev–Trinajstić information content (AvgIpc) is 2.72. The number of nitrogen functional groups attached to an aromatic ring is 1. The van der Waals surface area contributed by atoms with Gasteiger partial charge in [0.2, 0.25) is 0 Å². The lowest BCUT2D eigenvalue weighted by atomic mass is 9.95. The van der Waals surface area contributed by atoms with Crippen LogP contribution in [-0.4, -0.2) is 14.8 Å². The van der Waals surface area contributed by atoms with E-state index >= 15 is 0 Å². The van der Waals surface area contributed by atoms with Crippen molar-refractivity contribution in [1.29, 1.82) is 0 Å². The van der Waals surface area contributed by atoms with E-state index in [1.165, 1.54) is 19.3 Å². The van der Waals surface area contributed by atoms with Crippen LogP contribution in [0.25, 0.3) is 10.9 Å². The molecule has 0 unspecified atom stereocenters. The lowest BCUT2D eigenvalue weighted by molar-refractivity contribution is 0.343. The smallest absolute Gasteiger partial charge is 0.264 e. The van der Waals surface area contributed by atoms with Gasteiger partial charge >= 0.3 is 0 Å². The van der Waals surface area contributed by atoms with Crippen LogP contribution in [0.15, 0.2) is 10.9 Å². The number of aromatic amines is 1. The number of hydrogen-bond acceptors (Lipinski definition) is 3. The number of nitrogens with two attached hydrogens (primary N) is 1. The zero-order valence-corrected chi connectivity index (χ0v) is 10.6. The minimum atomic E-state index is 0.00292. The molecule has 1 saturated carbocycles. The minimum absolute atomic E-state index is 0.00292. The average molecular weight is 246 g/mol. The second-order valence-corrected chi connectivity index (χ2v) is 5.15. The van der Waals surface area contributed by atoms with Crippen molar-refractivity contribution < 1.29 is 0 Å². The Bertz CT molecular complexity index is 634. The highest BCUT2D eigenvalue weighted by atomic mass is 16.1. The first kappa shape index (κ1) is 11.3. The van der Waals surface area contributed by atoms with E-state index in [4.69, 9.17) is 5.73 Å². The Labute approximate surface area is 105 Å². The molecule has 1 aliphatic rings. The van der Waals surface area contributed by atoms with Crippen LogP contribution in [0.2, 0.25) is 0 Å². The number of pyridine rings is 1. The van der Waals surface area contributed by atoms with Crippen molar-refractivity contribution in [2.75, 3.05) is 5.73 Å². The van der Waals surface area contributed by atoms with E-state index in [0.29, 0.717) is 17.2 Å². The largest absolute Gasteiger partial charge is 0.382 e. The fourth-order valence-electron chi connectivity index (χ4n) is 3.05. The Hall–Kier alpha value is -1.78. The van der Waals surface area contributed by atoms with E-state index in [0.717, 1.165) is 24.1 Å². The van der Waals surface area contributed by atoms with Crippen LogP contribution >= 0.6 is 0 Å². The molecule has 0 atom stereocenters. The van der Waals surface area contributed by atoms with Gasteiger partial charge in [0.05, 0.1) is 5.52 Å². The third-order valence-electron chi connectivity index (χ3n) is 3.93. The predicted molar refractivity (Wildman–Crippen MR) is 71.6 cm³/mol. The summed E-state index contributed by atoms with van der Waals surface area (Å²) in [6.45, 7) is 1.98. The number of aromatic nitrogens is 3. The maximum absolute atomic E-state index is 12.6. The van der Waals surface area contributed by atoms with Crippen LogP contribution in [0.3, 0.4) is 0 Å². The summed E-state index contributed by atoms with van der Waals surface area (Å²) >= 11 is 0. The molecule has 5 heteroatoms. The Balaban J connectivity index is 2.21. The molecule has 0 aliphatic heterocycles. The van der Waals surface area contributed by atoms with Gasteiger partial charge in [-0.25, -0.2) is 0 Å². The molecule has 3 N–H and O–H groups in total. The summed E-state index contributed by atoms with van der Waals surface area (Å²) < 4.78 is 1.91. The van der Waals surface area contributed by atoms with Gasteiger partial charge in [-0.3, -0.25) is 9.89 Å².